The van der Waals surface area contributed by atoms with Gasteiger partial charge in [0.25, 0.3) is 11.8 Å². The molecule has 1 atom stereocenters. The number of pyridine rings is 2. The molecule has 18 heteroatoms. The summed E-state index contributed by atoms with van der Waals surface area (Å²) in [5.41, 5.74) is 4.17. The molecule has 57 heavy (non-hydrogen) atoms. The molecular formula is C39H36N12O5S. The van der Waals surface area contributed by atoms with Crippen molar-refractivity contribution < 1.29 is 24.0 Å². The maximum atomic E-state index is 13.3. The zero-order valence-electron chi connectivity index (χ0n) is 30.8. The number of amides is 5. The third-order valence-corrected chi connectivity index (χ3v) is 12.2. The SMILES string of the molecule is CNc1cc(-n2ccc3cc(C#N)cnc32)ncc1-c1nnc(C2CC(NC(=O)CN3CCN(c4ccc5c(c4)C(=O)N(C4CCC(=O)NC4=O)C5=O)CC3)C2)s1. The predicted octanol–water partition coefficient (Wildman–Crippen LogP) is 2.44. The molecule has 4 aromatic heterocycles. The molecule has 3 aliphatic heterocycles. The number of nitrogens with zero attached hydrogens (tertiary/aromatic N) is 9. The molecule has 5 aromatic rings. The van der Waals surface area contributed by atoms with Crippen LogP contribution in [0.5, 0.6) is 0 Å². The van der Waals surface area contributed by atoms with Crippen molar-refractivity contribution in [3.05, 3.63) is 76.7 Å². The molecule has 17 nitrogen and oxygen atoms in total. The molecule has 4 aliphatic rings. The Hall–Kier alpha value is -6.58. The molecule has 7 heterocycles. The molecule has 0 radical (unpaired) electrons. The summed E-state index contributed by atoms with van der Waals surface area (Å²) in [4.78, 5) is 77.7. The Bertz CT molecular complexity index is 2530. The number of fused-ring (bicyclic) bond motifs is 2. The van der Waals surface area contributed by atoms with Gasteiger partial charge in [-0.15, -0.1) is 10.2 Å². The molecule has 288 valence electrons. The van der Waals surface area contributed by atoms with E-state index in [2.05, 4.69) is 47.0 Å². The number of hydrogen-bond donors (Lipinski definition) is 3. The van der Waals surface area contributed by atoms with Gasteiger partial charge in [0.05, 0.1) is 28.8 Å². The van der Waals surface area contributed by atoms with E-state index < -0.39 is 29.7 Å². The lowest BCUT2D eigenvalue weighted by Gasteiger charge is -2.37. The van der Waals surface area contributed by atoms with Gasteiger partial charge in [-0.1, -0.05) is 11.3 Å². The first-order valence-electron chi connectivity index (χ1n) is 18.7. The fraction of sp³-hybridized carbons (Fsp3) is 0.333. The second-order valence-corrected chi connectivity index (χ2v) is 15.6. The van der Waals surface area contributed by atoms with Crippen molar-refractivity contribution in [1.82, 2.24) is 45.2 Å². The predicted molar refractivity (Wildman–Crippen MR) is 208 cm³/mol. The van der Waals surface area contributed by atoms with E-state index in [1.807, 2.05) is 29.9 Å². The first kappa shape index (κ1) is 36.1. The van der Waals surface area contributed by atoms with Gasteiger partial charge in [-0.05, 0) is 49.6 Å². The van der Waals surface area contributed by atoms with Crippen molar-refractivity contribution in [2.45, 2.75) is 43.7 Å². The number of carbonyl (C=O) groups excluding carboxylic acids is 5. The molecule has 0 spiro atoms. The number of piperazine rings is 1. The van der Waals surface area contributed by atoms with Gasteiger partial charge in [-0.25, -0.2) is 9.97 Å². The highest BCUT2D eigenvalue weighted by Crippen LogP contribution is 2.41. The molecule has 3 fully saturated rings. The van der Waals surface area contributed by atoms with Crippen LogP contribution in [0.2, 0.25) is 0 Å². The summed E-state index contributed by atoms with van der Waals surface area (Å²) in [7, 11) is 1.84. The molecule has 1 aromatic carbocycles. The van der Waals surface area contributed by atoms with E-state index in [1.54, 1.807) is 36.7 Å². The van der Waals surface area contributed by atoms with Crippen LogP contribution in [0.4, 0.5) is 11.4 Å². The monoisotopic (exact) mass is 784 g/mol. The van der Waals surface area contributed by atoms with Gasteiger partial charge >= 0.3 is 0 Å². The summed E-state index contributed by atoms with van der Waals surface area (Å²) in [5.74, 6) is -1.25. The second kappa shape index (κ2) is 14.5. The van der Waals surface area contributed by atoms with Gasteiger partial charge in [-0.3, -0.25) is 43.7 Å². The van der Waals surface area contributed by atoms with Gasteiger partial charge in [0, 0.05) is 93.0 Å². The minimum atomic E-state index is -1.01. The quantitative estimate of drug-likeness (QED) is 0.184. The number of nitriles is 1. The molecule has 0 bridgehead atoms. The van der Waals surface area contributed by atoms with Crippen molar-refractivity contribution in [2.24, 2.45) is 0 Å². The Kier molecular flexibility index (Phi) is 9.17. The van der Waals surface area contributed by atoms with Crippen LogP contribution in [-0.2, 0) is 14.4 Å². The van der Waals surface area contributed by atoms with Crippen LogP contribution in [-0.4, -0.2) is 116 Å². The zero-order valence-corrected chi connectivity index (χ0v) is 31.6. The van der Waals surface area contributed by atoms with E-state index in [9.17, 15) is 29.2 Å². The minimum absolute atomic E-state index is 0.0268. The molecule has 2 saturated heterocycles. The topological polar surface area (TPSA) is 211 Å². The lowest BCUT2D eigenvalue weighted by Crippen LogP contribution is -2.54. The van der Waals surface area contributed by atoms with Crippen LogP contribution in [0, 0.1) is 11.3 Å². The zero-order chi connectivity index (χ0) is 39.4. The first-order chi connectivity index (χ1) is 27.7. The van der Waals surface area contributed by atoms with Gasteiger partial charge < -0.3 is 15.5 Å². The molecular weight excluding hydrogens is 749 g/mol. The Morgan fingerprint density at radius 1 is 0.965 bits per heavy atom. The van der Waals surface area contributed by atoms with Crippen molar-refractivity contribution in [3.8, 4) is 22.5 Å². The molecule has 1 unspecified atom stereocenters. The molecule has 1 saturated carbocycles. The van der Waals surface area contributed by atoms with E-state index in [0.717, 1.165) is 50.1 Å². The van der Waals surface area contributed by atoms with E-state index in [0.29, 0.717) is 43.2 Å². The van der Waals surface area contributed by atoms with Crippen LogP contribution in [0.3, 0.4) is 0 Å². The highest BCUT2D eigenvalue weighted by Gasteiger charge is 2.45. The second-order valence-electron chi connectivity index (χ2n) is 14.6. The summed E-state index contributed by atoms with van der Waals surface area (Å²) in [5, 5.41) is 29.4. The van der Waals surface area contributed by atoms with Crippen molar-refractivity contribution in [3.63, 3.8) is 0 Å². The largest absolute Gasteiger partial charge is 0.387 e. The van der Waals surface area contributed by atoms with E-state index in [1.165, 1.54) is 11.3 Å². The maximum Gasteiger partial charge on any atom is 0.262 e. The van der Waals surface area contributed by atoms with Crippen LogP contribution < -0.4 is 20.9 Å². The van der Waals surface area contributed by atoms with Crippen LogP contribution in [0.15, 0.2) is 55.0 Å². The van der Waals surface area contributed by atoms with Crippen molar-refractivity contribution in [1.29, 1.82) is 5.26 Å². The highest BCUT2D eigenvalue weighted by atomic mass is 32.1. The fourth-order valence-electron chi connectivity index (χ4n) is 7.97. The smallest absolute Gasteiger partial charge is 0.262 e. The summed E-state index contributed by atoms with van der Waals surface area (Å²) in [6.07, 6.45) is 6.95. The number of piperidine rings is 1. The summed E-state index contributed by atoms with van der Waals surface area (Å²) < 4.78 is 1.88. The van der Waals surface area contributed by atoms with E-state index >= 15 is 0 Å². The number of benzene rings is 1. The van der Waals surface area contributed by atoms with Crippen LogP contribution >= 0.6 is 11.3 Å². The van der Waals surface area contributed by atoms with E-state index in [4.69, 9.17) is 4.98 Å². The average Bonchev–Trinajstić information content (AvgIpc) is 3.92. The third kappa shape index (κ3) is 6.63. The number of rotatable bonds is 9. The number of imide groups is 2. The molecule has 1 aliphatic carbocycles. The number of hydrogen-bond acceptors (Lipinski definition) is 14. The van der Waals surface area contributed by atoms with Gasteiger partial charge in [0.15, 0.2) is 5.01 Å². The molecule has 9 rings (SSSR count). The first-order valence-corrected chi connectivity index (χ1v) is 19.5. The summed E-state index contributed by atoms with van der Waals surface area (Å²) in [6.45, 7) is 2.84. The number of nitrogens with one attached hydrogen (secondary N) is 3. The number of carbonyl (C=O) groups is 5. The Morgan fingerprint density at radius 3 is 2.54 bits per heavy atom. The van der Waals surface area contributed by atoms with Gasteiger partial charge in [0.1, 0.15) is 28.6 Å². The van der Waals surface area contributed by atoms with Crippen LogP contribution in [0.1, 0.15) is 62.9 Å². The lowest BCUT2D eigenvalue weighted by atomic mass is 9.81. The Balaban J connectivity index is 0.756. The molecule has 3 N–H and O–H groups in total. The number of anilines is 2. The maximum absolute atomic E-state index is 13.3. The average molecular weight is 785 g/mol. The number of aromatic nitrogens is 5. The third-order valence-electron chi connectivity index (χ3n) is 11.1. The molecule has 5 amide bonds. The Labute approximate surface area is 329 Å². The highest BCUT2D eigenvalue weighted by molar-refractivity contribution is 7.14. The minimum Gasteiger partial charge on any atom is -0.387 e. The Morgan fingerprint density at radius 2 is 1.77 bits per heavy atom. The fourth-order valence-corrected chi connectivity index (χ4v) is 8.96. The van der Waals surface area contributed by atoms with Crippen molar-refractivity contribution >= 4 is 63.3 Å². The van der Waals surface area contributed by atoms with Crippen LogP contribution in [0.25, 0.3) is 27.4 Å². The van der Waals surface area contributed by atoms with Gasteiger partial charge in [-0.2, -0.15) is 5.26 Å². The summed E-state index contributed by atoms with van der Waals surface area (Å²) >= 11 is 1.53. The van der Waals surface area contributed by atoms with Crippen molar-refractivity contribution in [2.75, 3.05) is 50.0 Å². The van der Waals surface area contributed by atoms with Gasteiger partial charge in [0.2, 0.25) is 17.7 Å². The lowest BCUT2D eigenvalue weighted by molar-refractivity contribution is -0.136. The summed E-state index contributed by atoms with van der Waals surface area (Å²) in [6, 6.07) is 11.9. The standard InChI is InChI=1S/C39H36N12O5S/c1-41-29-16-31(50-7-6-22-12-21(17-40)18-43-34(22)50)42-19-28(29)37-47-46-36(57-37)23-13-24(14-23)44-33(53)20-48-8-10-49(11-9-48)25-2-3-26-27(15-25)39(56)51(38(26)55)30-4-5-32(52)45-35(30)54/h2-3,6-7,12,15-16,18-19,23-24,30H,4-5,8-11,13-14,20H2,1H3,(H,41,42)(H,44,53)(H,45,52,54). The van der Waals surface area contributed by atoms with E-state index in [-0.39, 0.29) is 48.4 Å². The normalized spacial score (nSPS) is 20.9.